The minimum absolute atomic E-state index is 0.0289. The third kappa shape index (κ3) is 4.86. The van der Waals surface area contributed by atoms with Crippen LogP contribution in [0.4, 0.5) is 33.6 Å². The lowest BCUT2D eigenvalue weighted by molar-refractivity contribution is 0.401. The highest BCUT2D eigenvalue weighted by molar-refractivity contribution is 7.99. The van der Waals surface area contributed by atoms with Crippen molar-refractivity contribution in [1.29, 1.82) is 0 Å². The highest BCUT2D eigenvalue weighted by Crippen LogP contribution is 2.36. The van der Waals surface area contributed by atoms with Crippen molar-refractivity contribution in [3.05, 3.63) is 89.5 Å². The van der Waals surface area contributed by atoms with Gasteiger partial charge in [-0.25, -0.2) is 32.5 Å². The first-order chi connectivity index (χ1) is 16.3. The normalized spacial score (nSPS) is 10.9. The van der Waals surface area contributed by atoms with Gasteiger partial charge in [0.15, 0.2) is 17.4 Å². The first-order valence-electron chi connectivity index (χ1n) is 9.55. The van der Waals surface area contributed by atoms with Crippen molar-refractivity contribution in [2.75, 3.05) is 10.5 Å². The molecule has 0 atom stereocenters. The number of ether oxygens (including phenoxy) is 1. The SMILES string of the molecule is Nc1nccc(-c2cccnc2Oc2cc(F)c(NSCc3c(F)cccc3F)c(F)c2F)n1. The van der Waals surface area contributed by atoms with Crippen LogP contribution in [0.3, 0.4) is 0 Å². The van der Waals surface area contributed by atoms with Crippen molar-refractivity contribution in [3.63, 3.8) is 0 Å². The molecule has 0 aliphatic rings. The topological polar surface area (TPSA) is 86.0 Å². The molecule has 2 heterocycles. The van der Waals surface area contributed by atoms with Gasteiger partial charge in [0.2, 0.25) is 17.6 Å². The molecule has 34 heavy (non-hydrogen) atoms. The fourth-order valence-electron chi connectivity index (χ4n) is 2.89. The number of hydrogen-bond acceptors (Lipinski definition) is 7. The number of nitrogens with zero attached hydrogens (tertiary/aromatic N) is 3. The molecule has 3 N–H and O–H groups in total. The minimum atomic E-state index is -1.58. The predicted molar refractivity (Wildman–Crippen MR) is 117 cm³/mol. The monoisotopic (exact) mass is 491 g/mol. The Morgan fingerprint density at radius 3 is 2.38 bits per heavy atom. The summed E-state index contributed by atoms with van der Waals surface area (Å²) in [7, 11) is 0. The zero-order chi connectivity index (χ0) is 24.2. The molecule has 6 nitrogen and oxygen atoms in total. The van der Waals surface area contributed by atoms with Gasteiger partial charge in [-0.15, -0.1) is 0 Å². The molecule has 0 saturated heterocycles. The number of nitrogens with one attached hydrogen (secondary N) is 1. The van der Waals surface area contributed by atoms with Gasteiger partial charge in [-0.05, 0) is 42.3 Å². The second kappa shape index (κ2) is 9.91. The number of anilines is 2. The Morgan fingerprint density at radius 1 is 0.882 bits per heavy atom. The van der Waals surface area contributed by atoms with Crippen LogP contribution in [0.1, 0.15) is 5.56 Å². The van der Waals surface area contributed by atoms with E-state index in [1.54, 1.807) is 12.1 Å². The van der Waals surface area contributed by atoms with Crippen LogP contribution in [0, 0.1) is 29.1 Å². The Bertz CT molecular complexity index is 1340. The van der Waals surface area contributed by atoms with Crippen LogP contribution < -0.4 is 15.2 Å². The Labute approximate surface area is 194 Å². The van der Waals surface area contributed by atoms with E-state index in [4.69, 9.17) is 10.5 Å². The number of halogens is 5. The molecule has 4 aromatic rings. The van der Waals surface area contributed by atoms with E-state index in [0.717, 1.165) is 12.1 Å². The summed E-state index contributed by atoms with van der Waals surface area (Å²) in [6.07, 6.45) is 2.72. The smallest absolute Gasteiger partial charge is 0.228 e. The van der Waals surface area contributed by atoms with E-state index in [2.05, 4.69) is 19.7 Å². The van der Waals surface area contributed by atoms with E-state index in [-0.39, 0.29) is 28.7 Å². The van der Waals surface area contributed by atoms with E-state index in [1.807, 2.05) is 0 Å². The van der Waals surface area contributed by atoms with Crippen LogP contribution in [-0.2, 0) is 5.75 Å². The molecule has 2 aromatic heterocycles. The fraction of sp³-hybridized carbons (Fsp3) is 0.0455. The quantitative estimate of drug-likeness (QED) is 0.190. The summed E-state index contributed by atoms with van der Waals surface area (Å²) in [4.78, 5) is 11.8. The largest absolute Gasteiger partial charge is 0.435 e. The van der Waals surface area contributed by atoms with Crippen molar-refractivity contribution < 1.29 is 26.7 Å². The van der Waals surface area contributed by atoms with Gasteiger partial charge < -0.3 is 15.2 Å². The molecule has 0 aliphatic carbocycles. The molecular weight excluding hydrogens is 477 g/mol. The number of aromatic nitrogens is 3. The fourth-order valence-corrected chi connectivity index (χ4v) is 3.71. The molecule has 12 heteroatoms. The van der Waals surface area contributed by atoms with Crippen LogP contribution in [0.15, 0.2) is 54.9 Å². The average molecular weight is 491 g/mol. The first kappa shape index (κ1) is 23.2. The van der Waals surface area contributed by atoms with Crippen molar-refractivity contribution in [1.82, 2.24) is 15.0 Å². The molecular formula is C22H14F5N5OS. The Hall–Kier alpha value is -3.93. The molecule has 0 amide bonds. The van der Waals surface area contributed by atoms with Gasteiger partial charge in [-0.1, -0.05) is 6.07 Å². The summed E-state index contributed by atoms with van der Waals surface area (Å²) < 4.78 is 78.9. The van der Waals surface area contributed by atoms with Crippen LogP contribution in [0.2, 0.25) is 0 Å². The number of nitrogens with two attached hydrogens (primary N) is 1. The van der Waals surface area contributed by atoms with Gasteiger partial charge >= 0.3 is 0 Å². The summed E-state index contributed by atoms with van der Waals surface area (Å²) >= 11 is 0.580. The van der Waals surface area contributed by atoms with Gasteiger partial charge in [-0.2, -0.15) is 4.39 Å². The van der Waals surface area contributed by atoms with Crippen molar-refractivity contribution in [2.24, 2.45) is 0 Å². The lowest BCUT2D eigenvalue weighted by atomic mass is 10.2. The number of rotatable bonds is 7. The summed E-state index contributed by atoms with van der Waals surface area (Å²) in [6, 6.07) is 8.51. The molecule has 0 bridgehead atoms. The first-order valence-corrected chi connectivity index (χ1v) is 10.5. The Morgan fingerprint density at radius 2 is 1.65 bits per heavy atom. The van der Waals surface area contributed by atoms with E-state index >= 15 is 0 Å². The number of benzene rings is 2. The molecule has 174 valence electrons. The summed E-state index contributed by atoms with van der Waals surface area (Å²) in [5.74, 6) is -7.20. The van der Waals surface area contributed by atoms with E-state index in [1.165, 1.54) is 24.5 Å². The Kier molecular flexibility index (Phi) is 6.77. The summed E-state index contributed by atoms with van der Waals surface area (Å²) in [5.41, 5.74) is 5.02. The van der Waals surface area contributed by atoms with Crippen molar-refractivity contribution >= 4 is 23.6 Å². The number of pyridine rings is 1. The average Bonchev–Trinajstić information content (AvgIpc) is 2.81. The lowest BCUT2D eigenvalue weighted by Crippen LogP contribution is -2.03. The van der Waals surface area contributed by atoms with Gasteiger partial charge in [0.25, 0.3) is 0 Å². The van der Waals surface area contributed by atoms with E-state index < -0.39 is 40.5 Å². The summed E-state index contributed by atoms with van der Waals surface area (Å²) in [6.45, 7) is 0. The molecule has 0 radical (unpaired) electrons. The highest BCUT2D eigenvalue weighted by atomic mass is 32.2. The van der Waals surface area contributed by atoms with E-state index in [9.17, 15) is 22.0 Å². The lowest BCUT2D eigenvalue weighted by Gasteiger charge is -2.14. The van der Waals surface area contributed by atoms with Gasteiger partial charge in [-0.3, -0.25) is 0 Å². The zero-order valence-electron chi connectivity index (χ0n) is 17.0. The molecule has 0 spiro atoms. The van der Waals surface area contributed by atoms with Crippen LogP contribution in [-0.4, -0.2) is 15.0 Å². The number of hydrogen-bond donors (Lipinski definition) is 2. The minimum Gasteiger partial charge on any atom is -0.435 e. The molecule has 0 fully saturated rings. The third-order valence-corrected chi connectivity index (χ3v) is 5.29. The second-order valence-corrected chi connectivity index (χ2v) is 7.49. The van der Waals surface area contributed by atoms with Crippen molar-refractivity contribution in [3.8, 4) is 22.9 Å². The molecule has 2 aromatic carbocycles. The molecule has 0 saturated carbocycles. The molecule has 0 aliphatic heterocycles. The second-order valence-electron chi connectivity index (χ2n) is 6.71. The van der Waals surface area contributed by atoms with Crippen LogP contribution in [0.5, 0.6) is 11.6 Å². The number of nitrogen functional groups attached to an aromatic ring is 1. The highest BCUT2D eigenvalue weighted by Gasteiger charge is 2.22. The van der Waals surface area contributed by atoms with Gasteiger partial charge in [0, 0.05) is 29.8 Å². The molecule has 4 rings (SSSR count). The maximum absolute atomic E-state index is 14.7. The van der Waals surface area contributed by atoms with E-state index in [0.29, 0.717) is 23.7 Å². The third-order valence-electron chi connectivity index (χ3n) is 4.51. The molecule has 0 unspecified atom stereocenters. The maximum Gasteiger partial charge on any atom is 0.228 e. The standard InChI is InChI=1S/C22H14F5N5OS/c23-13-4-1-5-14(24)12(13)10-34-32-20-15(25)9-17(18(26)19(20)27)33-21-11(3-2-7-29-21)16-6-8-30-22(28)31-16/h1-9,32H,10H2,(H2,28,30,31). The van der Waals surface area contributed by atoms with Gasteiger partial charge in [0.1, 0.15) is 17.3 Å². The zero-order valence-corrected chi connectivity index (χ0v) is 17.8. The van der Waals surface area contributed by atoms with Crippen LogP contribution >= 0.6 is 11.9 Å². The van der Waals surface area contributed by atoms with Crippen LogP contribution in [0.25, 0.3) is 11.3 Å². The predicted octanol–water partition coefficient (Wildman–Crippen LogP) is 5.87. The Balaban J connectivity index is 1.57. The maximum atomic E-state index is 14.7. The van der Waals surface area contributed by atoms with Gasteiger partial charge in [0.05, 0.1) is 11.3 Å². The van der Waals surface area contributed by atoms with Crippen molar-refractivity contribution in [2.45, 2.75) is 5.75 Å². The summed E-state index contributed by atoms with van der Waals surface area (Å²) in [5, 5.41) is 0.